The molecule has 1 N–H and O–H groups in total. The lowest BCUT2D eigenvalue weighted by atomic mass is 9.94. The van der Waals surface area contributed by atoms with E-state index in [4.69, 9.17) is 0 Å². The lowest BCUT2D eigenvalue weighted by Crippen LogP contribution is -2.30. The molecule has 1 aliphatic heterocycles. The van der Waals surface area contributed by atoms with Crippen molar-refractivity contribution in [2.45, 2.75) is 45.6 Å². The van der Waals surface area contributed by atoms with E-state index >= 15 is 0 Å². The second-order valence-corrected chi connectivity index (χ2v) is 7.33. The van der Waals surface area contributed by atoms with Crippen LogP contribution in [0.5, 0.6) is 0 Å². The van der Waals surface area contributed by atoms with Gasteiger partial charge < -0.3 is 10.0 Å². The number of rotatable bonds is 7. The molecule has 1 saturated heterocycles. The second-order valence-electron chi connectivity index (χ2n) is 7.33. The first kappa shape index (κ1) is 19.9. The Morgan fingerprint density at radius 1 is 0.964 bits per heavy atom. The summed E-state index contributed by atoms with van der Waals surface area (Å²) in [4.78, 5) is 27.3. The summed E-state index contributed by atoms with van der Waals surface area (Å²) in [6.45, 7) is 4.64. The highest BCUT2D eigenvalue weighted by molar-refractivity contribution is 6.46. The summed E-state index contributed by atoms with van der Waals surface area (Å²) < 4.78 is 0. The van der Waals surface area contributed by atoms with Crippen molar-refractivity contribution in [3.05, 3.63) is 76.9 Å². The largest absolute Gasteiger partial charge is 0.507 e. The van der Waals surface area contributed by atoms with Crippen LogP contribution in [0.3, 0.4) is 0 Å². The molecule has 0 spiro atoms. The Kier molecular flexibility index (Phi) is 6.30. The number of hydrogen-bond acceptors (Lipinski definition) is 3. The highest BCUT2D eigenvalue weighted by Crippen LogP contribution is 2.39. The van der Waals surface area contributed by atoms with Crippen molar-refractivity contribution in [1.29, 1.82) is 0 Å². The Balaban J connectivity index is 2.04. The molecule has 146 valence electrons. The van der Waals surface area contributed by atoms with Crippen LogP contribution in [-0.2, 0) is 9.59 Å². The smallest absolute Gasteiger partial charge is 0.295 e. The third kappa shape index (κ3) is 4.01. The van der Waals surface area contributed by atoms with E-state index in [0.29, 0.717) is 12.1 Å². The topological polar surface area (TPSA) is 57.6 Å². The molecule has 2 aromatic carbocycles. The molecule has 2 aromatic rings. The minimum atomic E-state index is -0.609. The van der Waals surface area contributed by atoms with Crippen LogP contribution in [0.4, 0.5) is 0 Å². The average molecular weight is 377 g/mol. The lowest BCUT2D eigenvalue weighted by Gasteiger charge is -2.25. The van der Waals surface area contributed by atoms with Gasteiger partial charge in [-0.1, -0.05) is 86.3 Å². The highest BCUT2D eigenvalue weighted by atomic mass is 16.3. The summed E-state index contributed by atoms with van der Waals surface area (Å²) in [6, 6.07) is 16.2. The van der Waals surface area contributed by atoms with Crippen LogP contribution in [-0.4, -0.2) is 28.2 Å². The molecule has 1 atom stereocenters. The molecule has 1 heterocycles. The van der Waals surface area contributed by atoms with Crippen molar-refractivity contribution in [3.8, 4) is 0 Å². The maximum absolute atomic E-state index is 12.9. The molecular formula is C24H27NO3. The number of Topliss-reactive ketones (excluding diaryl/α,β-unsaturated/α-hetero) is 1. The number of aryl methyl sites for hydroxylation is 1. The number of ketones is 1. The number of nitrogens with zero attached hydrogens (tertiary/aromatic N) is 1. The van der Waals surface area contributed by atoms with Crippen molar-refractivity contribution >= 4 is 17.4 Å². The van der Waals surface area contributed by atoms with E-state index in [9.17, 15) is 14.7 Å². The first-order chi connectivity index (χ1) is 13.5. The Labute approximate surface area is 166 Å². The van der Waals surface area contributed by atoms with Gasteiger partial charge in [-0.15, -0.1) is 0 Å². The molecule has 4 heteroatoms. The van der Waals surface area contributed by atoms with Gasteiger partial charge in [-0.05, 0) is 18.9 Å². The fraction of sp³-hybridized carbons (Fsp3) is 0.333. The van der Waals surface area contributed by atoms with Crippen molar-refractivity contribution in [3.63, 3.8) is 0 Å². The minimum absolute atomic E-state index is 0.111. The van der Waals surface area contributed by atoms with Crippen LogP contribution in [0.1, 0.15) is 55.3 Å². The normalized spacial score (nSPS) is 18.6. The van der Waals surface area contributed by atoms with E-state index in [1.807, 2.05) is 37.3 Å². The number of aliphatic hydroxyl groups is 1. The quantitative estimate of drug-likeness (QED) is 0.320. The first-order valence-electron chi connectivity index (χ1n) is 9.95. The van der Waals surface area contributed by atoms with Gasteiger partial charge in [0.05, 0.1) is 11.6 Å². The van der Waals surface area contributed by atoms with Crippen LogP contribution in [0, 0.1) is 6.92 Å². The number of likely N-dealkylation sites (tertiary alicyclic amines) is 1. The van der Waals surface area contributed by atoms with Gasteiger partial charge in [0.1, 0.15) is 5.76 Å². The van der Waals surface area contributed by atoms with Gasteiger partial charge in [0.15, 0.2) is 0 Å². The molecule has 4 nitrogen and oxygen atoms in total. The fourth-order valence-corrected chi connectivity index (χ4v) is 3.67. The Morgan fingerprint density at radius 2 is 1.64 bits per heavy atom. The molecule has 0 saturated carbocycles. The van der Waals surface area contributed by atoms with Gasteiger partial charge in [0, 0.05) is 12.1 Å². The monoisotopic (exact) mass is 377 g/mol. The van der Waals surface area contributed by atoms with Crippen LogP contribution in [0.15, 0.2) is 60.2 Å². The standard InChI is InChI=1S/C24H27NO3/c1-3-4-5-9-16-25-21(18-14-12-17(2)13-15-18)20(23(27)24(25)28)22(26)19-10-7-6-8-11-19/h6-8,10-15,21,26H,3-5,9,16H2,1-2H3/b22-20-. The summed E-state index contributed by atoms with van der Waals surface area (Å²) in [6.07, 6.45) is 4.06. The second kappa shape index (κ2) is 8.87. The summed E-state index contributed by atoms with van der Waals surface area (Å²) in [5, 5.41) is 10.9. The first-order valence-corrected chi connectivity index (χ1v) is 9.95. The summed E-state index contributed by atoms with van der Waals surface area (Å²) in [5.41, 5.74) is 2.67. The maximum Gasteiger partial charge on any atom is 0.295 e. The van der Waals surface area contributed by atoms with Gasteiger partial charge in [-0.3, -0.25) is 9.59 Å². The highest BCUT2D eigenvalue weighted by Gasteiger charge is 2.45. The van der Waals surface area contributed by atoms with Crippen molar-refractivity contribution < 1.29 is 14.7 Å². The minimum Gasteiger partial charge on any atom is -0.507 e. The molecule has 0 radical (unpaired) electrons. The molecule has 1 unspecified atom stereocenters. The number of aliphatic hydroxyl groups excluding tert-OH is 1. The van der Waals surface area contributed by atoms with Gasteiger partial charge in [-0.2, -0.15) is 0 Å². The maximum atomic E-state index is 12.9. The van der Waals surface area contributed by atoms with Gasteiger partial charge in [0.2, 0.25) is 0 Å². The number of benzene rings is 2. The zero-order chi connectivity index (χ0) is 20.1. The Hall–Kier alpha value is -2.88. The van der Waals surface area contributed by atoms with E-state index in [1.54, 1.807) is 29.2 Å². The van der Waals surface area contributed by atoms with Crippen LogP contribution >= 0.6 is 0 Å². The van der Waals surface area contributed by atoms with Gasteiger partial charge in [-0.25, -0.2) is 0 Å². The Bertz CT molecular complexity index is 868. The molecule has 0 bridgehead atoms. The fourth-order valence-electron chi connectivity index (χ4n) is 3.67. The number of carbonyl (C=O) groups excluding carboxylic acids is 2. The van der Waals surface area contributed by atoms with Gasteiger partial charge in [0.25, 0.3) is 11.7 Å². The van der Waals surface area contributed by atoms with Crippen LogP contribution in [0.25, 0.3) is 5.76 Å². The van der Waals surface area contributed by atoms with E-state index in [0.717, 1.165) is 36.8 Å². The summed E-state index contributed by atoms with van der Waals surface area (Å²) in [5.74, 6) is -1.25. The molecule has 1 amide bonds. The third-order valence-electron chi connectivity index (χ3n) is 5.23. The van der Waals surface area contributed by atoms with Crippen LogP contribution in [0.2, 0.25) is 0 Å². The molecule has 0 aliphatic carbocycles. The van der Waals surface area contributed by atoms with Gasteiger partial charge >= 0.3 is 0 Å². The molecular weight excluding hydrogens is 350 g/mol. The zero-order valence-corrected chi connectivity index (χ0v) is 16.5. The van der Waals surface area contributed by atoms with E-state index in [1.165, 1.54) is 0 Å². The number of amides is 1. The molecule has 3 rings (SSSR count). The summed E-state index contributed by atoms with van der Waals surface area (Å²) >= 11 is 0. The molecule has 1 fully saturated rings. The molecule has 28 heavy (non-hydrogen) atoms. The van der Waals surface area contributed by atoms with Crippen molar-refractivity contribution in [2.24, 2.45) is 0 Å². The predicted octanol–water partition coefficient (Wildman–Crippen LogP) is 5.00. The number of unbranched alkanes of at least 4 members (excludes halogenated alkanes) is 3. The predicted molar refractivity (Wildman–Crippen MR) is 111 cm³/mol. The van der Waals surface area contributed by atoms with Crippen LogP contribution < -0.4 is 0 Å². The van der Waals surface area contributed by atoms with E-state index in [-0.39, 0.29) is 11.3 Å². The SMILES string of the molecule is CCCCCCN1C(=O)C(=O)/C(=C(\O)c2ccccc2)C1c1ccc(C)cc1. The van der Waals surface area contributed by atoms with E-state index < -0.39 is 17.7 Å². The molecule has 1 aliphatic rings. The number of carbonyl (C=O) groups is 2. The summed E-state index contributed by atoms with van der Waals surface area (Å²) in [7, 11) is 0. The van der Waals surface area contributed by atoms with Crippen molar-refractivity contribution in [2.75, 3.05) is 6.54 Å². The van der Waals surface area contributed by atoms with Crippen molar-refractivity contribution in [1.82, 2.24) is 4.90 Å². The van der Waals surface area contributed by atoms with E-state index in [2.05, 4.69) is 6.92 Å². The third-order valence-corrected chi connectivity index (χ3v) is 5.23. The Morgan fingerprint density at radius 3 is 2.29 bits per heavy atom. The average Bonchev–Trinajstić information content (AvgIpc) is 2.97. The molecule has 0 aromatic heterocycles. The lowest BCUT2D eigenvalue weighted by molar-refractivity contribution is -0.139. The number of hydrogen-bond donors (Lipinski definition) is 1. The zero-order valence-electron chi connectivity index (χ0n) is 16.5.